The monoisotopic (exact) mass is 332 g/mol. The van der Waals surface area contributed by atoms with Gasteiger partial charge in [0.25, 0.3) is 0 Å². The molecule has 2 aromatic rings. The third-order valence-corrected chi connectivity index (χ3v) is 4.99. The van der Waals surface area contributed by atoms with Crippen molar-refractivity contribution in [1.29, 1.82) is 0 Å². The lowest BCUT2D eigenvalue weighted by Crippen LogP contribution is -2.31. The normalized spacial score (nSPS) is 18.0. The van der Waals surface area contributed by atoms with E-state index in [1.807, 2.05) is 12.1 Å². The lowest BCUT2D eigenvalue weighted by Gasteiger charge is -2.15. The highest BCUT2D eigenvalue weighted by atomic mass is 32.2. The fourth-order valence-corrected chi connectivity index (χ4v) is 3.81. The van der Waals surface area contributed by atoms with Gasteiger partial charge < -0.3 is 0 Å². The maximum atomic E-state index is 12.9. The van der Waals surface area contributed by atoms with E-state index in [0.29, 0.717) is 17.3 Å². The second-order valence-corrected chi connectivity index (χ2v) is 6.83. The summed E-state index contributed by atoms with van der Waals surface area (Å²) in [7, 11) is 0. The first kappa shape index (κ1) is 15.1. The molecule has 22 heavy (non-hydrogen) atoms. The third kappa shape index (κ3) is 3.34. The van der Waals surface area contributed by atoms with Crippen LogP contribution in [0.25, 0.3) is 0 Å². The molecule has 1 aromatic carbocycles. The zero-order valence-corrected chi connectivity index (χ0v) is 13.2. The fraction of sp³-hybridized carbons (Fsp3) is 0.188. The van der Waals surface area contributed by atoms with Crippen LogP contribution in [0.15, 0.2) is 48.8 Å². The molecule has 3 rings (SSSR count). The van der Waals surface area contributed by atoms with E-state index >= 15 is 0 Å². The van der Waals surface area contributed by atoms with Crippen molar-refractivity contribution in [3.63, 3.8) is 0 Å². The molecule has 6 heteroatoms. The molecule has 1 amide bonds. The number of carbonyl (C=O) groups excluding carboxylic acids is 1. The molecule has 3 nitrogen and oxygen atoms in total. The van der Waals surface area contributed by atoms with Crippen molar-refractivity contribution in [2.75, 3.05) is 0 Å². The molecule has 0 spiro atoms. The number of thioether (sulfide) groups is 1. The van der Waals surface area contributed by atoms with Crippen LogP contribution in [0.5, 0.6) is 0 Å². The molecular formula is C16H13FN2OS2. The van der Waals surface area contributed by atoms with Gasteiger partial charge in [0.15, 0.2) is 0 Å². The molecule has 0 saturated carbocycles. The Kier molecular flexibility index (Phi) is 4.49. The van der Waals surface area contributed by atoms with E-state index in [9.17, 15) is 9.18 Å². The van der Waals surface area contributed by atoms with Gasteiger partial charge in [-0.05, 0) is 35.7 Å². The minimum atomic E-state index is -0.275. The Bertz CT molecular complexity index is 691. The third-order valence-electron chi connectivity index (χ3n) is 3.40. The van der Waals surface area contributed by atoms with Crippen LogP contribution in [0.4, 0.5) is 4.39 Å². The van der Waals surface area contributed by atoms with E-state index in [1.165, 1.54) is 23.9 Å². The zero-order valence-electron chi connectivity index (χ0n) is 11.6. The summed E-state index contributed by atoms with van der Waals surface area (Å²) >= 11 is 6.71. The van der Waals surface area contributed by atoms with Crippen LogP contribution in [0, 0.1) is 5.82 Å². The molecule has 0 aliphatic carbocycles. The Morgan fingerprint density at radius 1 is 1.23 bits per heavy atom. The first-order chi connectivity index (χ1) is 10.6. The molecule has 112 valence electrons. The predicted molar refractivity (Wildman–Crippen MR) is 88.9 cm³/mol. The molecule has 1 aliphatic rings. The lowest BCUT2D eigenvalue weighted by molar-refractivity contribution is -0.126. The highest BCUT2D eigenvalue weighted by Gasteiger charge is 2.36. The molecule has 0 N–H and O–H groups in total. The van der Waals surface area contributed by atoms with Crippen LogP contribution in [0.2, 0.25) is 0 Å². The number of pyridine rings is 1. The van der Waals surface area contributed by atoms with Crippen LogP contribution < -0.4 is 0 Å². The first-order valence-electron chi connectivity index (χ1n) is 6.79. The van der Waals surface area contributed by atoms with Gasteiger partial charge in [-0.15, -0.1) is 0 Å². The van der Waals surface area contributed by atoms with Crippen molar-refractivity contribution in [3.8, 4) is 0 Å². The Balaban J connectivity index is 1.70. The summed E-state index contributed by atoms with van der Waals surface area (Å²) in [4.78, 5) is 18.2. The molecule has 0 radical (unpaired) electrons. The summed E-state index contributed by atoms with van der Waals surface area (Å²) in [6.45, 7) is 0.443. The number of carbonyl (C=O) groups is 1. The standard InChI is InChI=1S/C16H13FN2OS2/c17-13-5-3-11(4-6-13)8-14-15(20)19(16(21)22-14)10-12-2-1-7-18-9-12/h1-7,9,14H,8,10H2/t14-/m1/s1. The van der Waals surface area contributed by atoms with E-state index in [4.69, 9.17) is 12.2 Å². The molecule has 0 unspecified atom stereocenters. The summed E-state index contributed by atoms with van der Waals surface area (Å²) in [5, 5.41) is -0.241. The number of halogens is 1. The van der Waals surface area contributed by atoms with Gasteiger partial charge >= 0.3 is 0 Å². The largest absolute Gasteiger partial charge is 0.292 e. The smallest absolute Gasteiger partial charge is 0.242 e. The van der Waals surface area contributed by atoms with Crippen molar-refractivity contribution in [3.05, 3.63) is 65.7 Å². The van der Waals surface area contributed by atoms with Gasteiger partial charge in [-0.3, -0.25) is 14.7 Å². The molecular weight excluding hydrogens is 319 g/mol. The topological polar surface area (TPSA) is 33.2 Å². The van der Waals surface area contributed by atoms with Crippen molar-refractivity contribution in [2.24, 2.45) is 0 Å². The molecule has 1 fully saturated rings. The maximum Gasteiger partial charge on any atom is 0.242 e. The van der Waals surface area contributed by atoms with Crippen molar-refractivity contribution in [1.82, 2.24) is 9.88 Å². The van der Waals surface area contributed by atoms with E-state index in [2.05, 4.69) is 4.98 Å². The molecule has 2 heterocycles. The van der Waals surface area contributed by atoms with Crippen molar-refractivity contribution in [2.45, 2.75) is 18.2 Å². The van der Waals surface area contributed by atoms with E-state index in [-0.39, 0.29) is 17.0 Å². The number of hydrogen-bond donors (Lipinski definition) is 0. The van der Waals surface area contributed by atoms with Gasteiger partial charge in [0.05, 0.1) is 11.8 Å². The van der Waals surface area contributed by atoms with Gasteiger partial charge in [-0.2, -0.15) is 0 Å². The number of rotatable bonds is 4. The Morgan fingerprint density at radius 2 is 2.00 bits per heavy atom. The second kappa shape index (κ2) is 6.54. The number of hydrogen-bond acceptors (Lipinski definition) is 4. The van der Waals surface area contributed by atoms with Crippen molar-refractivity contribution >= 4 is 34.2 Å². The van der Waals surface area contributed by atoms with E-state index in [0.717, 1.165) is 11.1 Å². The number of amides is 1. The SMILES string of the molecule is O=C1[C@@H](Cc2ccc(F)cc2)SC(=S)N1Cc1cccnc1. The quantitative estimate of drug-likeness (QED) is 0.805. The van der Waals surface area contributed by atoms with E-state index in [1.54, 1.807) is 29.4 Å². The summed E-state index contributed by atoms with van der Waals surface area (Å²) in [5.74, 6) is -0.272. The fourth-order valence-electron chi connectivity index (χ4n) is 2.28. The average Bonchev–Trinajstić information content (AvgIpc) is 2.78. The molecule has 1 aromatic heterocycles. The maximum absolute atomic E-state index is 12.9. The van der Waals surface area contributed by atoms with Gasteiger partial charge in [-0.25, -0.2) is 4.39 Å². The minimum absolute atomic E-state index is 0.00294. The number of nitrogens with zero attached hydrogens (tertiary/aromatic N) is 2. The zero-order chi connectivity index (χ0) is 15.5. The van der Waals surface area contributed by atoms with Crippen LogP contribution >= 0.6 is 24.0 Å². The van der Waals surface area contributed by atoms with Crippen LogP contribution in [-0.2, 0) is 17.8 Å². The second-order valence-electron chi connectivity index (χ2n) is 4.99. The summed E-state index contributed by atoms with van der Waals surface area (Å²) in [6, 6.07) is 9.98. The minimum Gasteiger partial charge on any atom is -0.292 e. The Labute approximate surface area is 137 Å². The number of thiocarbonyl (C=S) groups is 1. The Morgan fingerprint density at radius 3 is 2.68 bits per heavy atom. The van der Waals surface area contributed by atoms with Crippen LogP contribution in [0.3, 0.4) is 0 Å². The Hall–Kier alpha value is -1.79. The van der Waals surface area contributed by atoms with Gasteiger partial charge in [0.1, 0.15) is 10.1 Å². The highest BCUT2D eigenvalue weighted by Crippen LogP contribution is 2.31. The molecule has 1 aliphatic heterocycles. The van der Waals surface area contributed by atoms with Gasteiger partial charge in [0.2, 0.25) is 5.91 Å². The summed E-state index contributed by atoms with van der Waals surface area (Å²) in [6.07, 6.45) is 3.97. The lowest BCUT2D eigenvalue weighted by atomic mass is 10.1. The number of benzene rings is 1. The van der Waals surface area contributed by atoms with Gasteiger partial charge in [-0.1, -0.05) is 42.2 Å². The van der Waals surface area contributed by atoms with Gasteiger partial charge in [0, 0.05) is 12.4 Å². The van der Waals surface area contributed by atoms with Crippen molar-refractivity contribution < 1.29 is 9.18 Å². The van der Waals surface area contributed by atoms with E-state index < -0.39 is 0 Å². The first-order valence-corrected chi connectivity index (χ1v) is 8.07. The summed E-state index contributed by atoms with van der Waals surface area (Å²) < 4.78 is 13.5. The predicted octanol–water partition coefficient (Wildman–Crippen LogP) is 3.19. The molecule has 0 bridgehead atoms. The molecule has 1 atom stereocenters. The highest BCUT2D eigenvalue weighted by molar-refractivity contribution is 8.24. The average molecular weight is 332 g/mol. The number of aromatic nitrogens is 1. The van der Waals surface area contributed by atoms with Crippen LogP contribution in [-0.4, -0.2) is 25.4 Å². The molecule has 1 saturated heterocycles. The summed E-state index contributed by atoms with van der Waals surface area (Å²) in [5.41, 5.74) is 1.87. The van der Waals surface area contributed by atoms with Crippen LogP contribution in [0.1, 0.15) is 11.1 Å².